The normalized spacial score (nSPS) is 11.3. The summed E-state index contributed by atoms with van der Waals surface area (Å²) in [6.07, 6.45) is 1.78. The Hall–Kier alpha value is -3.21. The summed E-state index contributed by atoms with van der Waals surface area (Å²) in [4.78, 5) is 18.5. The molecule has 5 heteroatoms. The molecule has 0 aliphatic heterocycles. The molecule has 4 rings (SSSR count). The van der Waals surface area contributed by atoms with Crippen LogP contribution in [0.4, 0.5) is 0 Å². The molecule has 0 unspecified atom stereocenters. The molecule has 22 heavy (non-hydrogen) atoms. The van der Waals surface area contributed by atoms with E-state index in [-0.39, 0.29) is 16.9 Å². The van der Waals surface area contributed by atoms with Crippen LogP contribution in [0.1, 0.15) is 0 Å². The summed E-state index contributed by atoms with van der Waals surface area (Å²) in [6, 6.07) is 11.2. The molecule has 108 valence electrons. The highest BCUT2D eigenvalue weighted by atomic mass is 16.3. The van der Waals surface area contributed by atoms with E-state index in [1.54, 1.807) is 30.5 Å². The maximum Gasteiger partial charge on any atom is 0.190 e. The Bertz CT molecular complexity index is 1080. The van der Waals surface area contributed by atoms with E-state index in [1.807, 2.05) is 0 Å². The third-order valence-corrected chi connectivity index (χ3v) is 3.77. The second-order valence-corrected chi connectivity index (χ2v) is 5.21. The predicted octanol–water partition coefficient (Wildman–Crippen LogP) is 3.09. The van der Waals surface area contributed by atoms with Crippen LogP contribution < -0.4 is 5.43 Å². The van der Waals surface area contributed by atoms with Gasteiger partial charge in [0.15, 0.2) is 5.43 Å². The van der Waals surface area contributed by atoms with Crippen molar-refractivity contribution >= 4 is 21.8 Å². The minimum atomic E-state index is -0.114. The van der Waals surface area contributed by atoms with Gasteiger partial charge in [0.1, 0.15) is 11.5 Å². The third-order valence-electron chi connectivity index (χ3n) is 3.77. The Kier molecular flexibility index (Phi) is 2.50. The Morgan fingerprint density at radius 1 is 0.818 bits per heavy atom. The van der Waals surface area contributed by atoms with E-state index >= 15 is 0 Å². The number of nitrogens with one attached hydrogen (secondary N) is 2. The molecule has 0 aliphatic rings. The smallest absolute Gasteiger partial charge is 0.190 e. The highest BCUT2D eigenvalue weighted by Crippen LogP contribution is 2.30. The van der Waals surface area contributed by atoms with Crippen LogP contribution in [0.15, 0.2) is 53.5 Å². The lowest BCUT2D eigenvalue weighted by Gasteiger charge is -2.04. The number of hydrogen-bond donors (Lipinski definition) is 4. The van der Waals surface area contributed by atoms with Crippen molar-refractivity contribution in [2.24, 2.45) is 0 Å². The van der Waals surface area contributed by atoms with Crippen LogP contribution in [0.5, 0.6) is 11.5 Å². The van der Waals surface area contributed by atoms with Gasteiger partial charge in [-0.05, 0) is 24.3 Å². The number of phenols is 2. The molecule has 0 radical (unpaired) electrons. The van der Waals surface area contributed by atoms with Gasteiger partial charge in [-0.25, -0.2) is 0 Å². The molecule has 0 bridgehead atoms. The zero-order valence-corrected chi connectivity index (χ0v) is 11.4. The number of phenolic OH excluding ortho intramolecular Hbond substituents is 2. The van der Waals surface area contributed by atoms with Gasteiger partial charge in [-0.15, -0.1) is 0 Å². The Balaban J connectivity index is 2.02. The summed E-state index contributed by atoms with van der Waals surface area (Å²) in [5, 5.41) is 20.5. The van der Waals surface area contributed by atoms with Gasteiger partial charge in [-0.2, -0.15) is 0 Å². The lowest BCUT2D eigenvalue weighted by molar-refractivity contribution is 0.475. The van der Waals surface area contributed by atoms with Crippen molar-refractivity contribution in [2.75, 3.05) is 0 Å². The van der Waals surface area contributed by atoms with Crippen LogP contribution in [0, 0.1) is 0 Å². The number of H-pyrrole nitrogens is 2. The fourth-order valence-corrected chi connectivity index (χ4v) is 2.72. The first-order valence-electron chi connectivity index (χ1n) is 6.78. The molecule has 0 saturated carbocycles. The average molecular weight is 292 g/mol. The fourth-order valence-electron chi connectivity index (χ4n) is 2.72. The summed E-state index contributed by atoms with van der Waals surface area (Å²) in [7, 11) is 0. The minimum Gasteiger partial charge on any atom is -0.508 e. The fraction of sp³-hybridized carbons (Fsp3) is 0. The van der Waals surface area contributed by atoms with Gasteiger partial charge in [-0.1, -0.05) is 0 Å². The Morgan fingerprint density at radius 3 is 2.27 bits per heavy atom. The molecule has 4 N–H and O–H groups in total. The number of aromatic amines is 2. The molecule has 5 nitrogen and oxygen atoms in total. The molecule has 0 saturated heterocycles. The number of fused-ring (bicyclic) bond motifs is 2. The minimum absolute atomic E-state index is 0.101. The molecule has 2 aromatic carbocycles. The summed E-state index contributed by atoms with van der Waals surface area (Å²) in [5.74, 6) is 0.280. The van der Waals surface area contributed by atoms with E-state index in [0.717, 1.165) is 16.5 Å². The Morgan fingerprint density at radius 2 is 1.50 bits per heavy atom. The van der Waals surface area contributed by atoms with E-state index in [4.69, 9.17) is 0 Å². The van der Waals surface area contributed by atoms with E-state index in [2.05, 4.69) is 9.97 Å². The summed E-state index contributed by atoms with van der Waals surface area (Å²) < 4.78 is 0. The molecule has 0 aliphatic carbocycles. The number of aromatic hydroxyl groups is 2. The SMILES string of the molecule is O=c1cc(-c2c[nH]c3cc(O)ccc23)[nH]c2cc(O)ccc12. The zero-order chi connectivity index (χ0) is 15.3. The van der Waals surface area contributed by atoms with Crippen LogP contribution in [0.3, 0.4) is 0 Å². The van der Waals surface area contributed by atoms with Gasteiger partial charge in [0, 0.05) is 46.2 Å². The van der Waals surface area contributed by atoms with Gasteiger partial charge in [-0.3, -0.25) is 4.79 Å². The largest absolute Gasteiger partial charge is 0.508 e. The molecule has 0 fully saturated rings. The summed E-state index contributed by atoms with van der Waals surface area (Å²) in [6.45, 7) is 0. The van der Waals surface area contributed by atoms with Crippen LogP contribution in [-0.4, -0.2) is 20.2 Å². The van der Waals surface area contributed by atoms with Crippen LogP contribution in [0.2, 0.25) is 0 Å². The highest BCUT2D eigenvalue weighted by molar-refractivity contribution is 5.96. The maximum absolute atomic E-state index is 12.2. The third kappa shape index (κ3) is 1.83. The molecule has 2 heterocycles. The zero-order valence-electron chi connectivity index (χ0n) is 11.4. The van der Waals surface area contributed by atoms with Gasteiger partial charge < -0.3 is 20.2 Å². The van der Waals surface area contributed by atoms with Gasteiger partial charge in [0.05, 0.1) is 11.2 Å². The summed E-state index contributed by atoms with van der Waals surface area (Å²) in [5.41, 5.74) is 2.73. The quantitative estimate of drug-likeness (QED) is 0.434. The number of benzene rings is 2. The molecule has 0 amide bonds. The summed E-state index contributed by atoms with van der Waals surface area (Å²) >= 11 is 0. The monoisotopic (exact) mass is 292 g/mol. The van der Waals surface area contributed by atoms with E-state index in [0.29, 0.717) is 16.6 Å². The van der Waals surface area contributed by atoms with Crippen molar-refractivity contribution in [3.8, 4) is 22.8 Å². The molecule has 4 aromatic rings. The number of hydrogen-bond acceptors (Lipinski definition) is 3. The van der Waals surface area contributed by atoms with Crippen molar-refractivity contribution in [1.29, 1.82) is 0 Å². The number of aromatic nitrogens is 2. The van der Waals surface area contributed by atoms with Crippen LogP contribution >= 0.6 is 0 Å². The highest BCUT2D eigenvalue weighted by Gasteiger charge is 2.10. The predicted molar refractivity (Wildman–Crippen MR) is 85.2 cm³/mol. The molecule has 0 spiro atoms. The second-order valence-electron chi connectivity index (χ2n) is 5.21. The molecule has 2 aromatic heterocycles. The van der Waals surface area contributed by atoms with Crippen molar-refractivity contribution < 1.29 is 10.2 Å². The standard InChI is InChI=1S/C17H12N2O3/c20-9-1-3-11-13(8-18-14(11)5-9)16-7-17(22)12-4-2-10(21)6-15(12)19-16/h1-8,18,20-21H,(H,19,22). The van der Waals surface area contributed by atoms with Gasteiger partial charge >= 0.3 is 0 Å². The number of pyridine rings is 1. The molecule has 0 atom stereocenters. The topological polar surface area (TPSA) is 89.1 Å². The maximum atomic E-state index is 12.2. The first-order valence-corrected chi connectivity index (χ1v) is 6.78. The first-order chi connectivity index (χ1) is 10.6. The lowest BCUT2D eigenvalue weighted by atomic mass is 10.1. The van der Waals surface area contributed by atoms with E-state index in [9.17, 15) is 15.0 Å². The van der Waals surface area contributed by atoms with Gasteiger partial charge in [0.2, 0.25) is 0 Å². The van der Waals surface area contributed by atoms with Crippen LogP contribution in [-0.2, 0) is 0 Å². The average Bonchev–Trinajstić information content (AvgIpc) is 2.89. The Labute approximate surface area is 124 Å². The van der Waals surface area contributed by atoms with Crippen molar-refractivity contribution in [2.45, 2.75) is 0 Å². The second kappa shape index (κ2) is 4.39. The van der Waals surface area contributed by atoms with E-state index in [1.165, 1.54) is 18.2 Å². The van der Waals surface area contributed by atoms with Crippen molar-refractivity contribution in [1.82, 2.24) is 9.97 Å². The first kappa shape index (κ1) is 12.5. The number of rotatable bonds is 1. The molecular weight excluding hydrogens is 280 g/mol. The van der Waals surface area contributed by atoms with Gasteiger partial charge in [0.25, 0.3) is 0 Å². The molecular formula is C17H12N2O3. The van der Waals surface area contributed by atoms with E-state index < -0.39 is 0 Å². The van der Waals surface area contributed by atoms with Crippen LogP contribution in [0.25, 0.3) is 33.1 Å². The van der Waals surface area contributed by atoms with Crippen molar-refractivity contribution in [3.63, 3.8) is 0 Å². The lowest BCUT2D eigenvalue weighted by Crippen LogP contribution is -2.02. The van der Waals surface area contributed by atoms with Crippen molar-refractivity contribution in [3.05, 3.63) is 58.9 Å².